The number of halogens is 1. The first kappa shape index (κ1) is 20.8. The molecule has 0 aromatic heterocycles. The molecule has 0 amide bonds. The Morgan fingerprint density at radius 1 is 1.32 bits per heavy atom. The second-order valence-corrected chi connectivity index (χ2v) is 6.36. The van der Waals surface area contributed by atoms with E-state index in [1.54, 1.807) is 19.2 Å². The fourth-order valence-corrected chi connectivity index (χ4v) is 2.10. The molecule has 1 fully saturated rings. The van der Waals surface area contributed by atoms with Gasteiger partial charge in [0.15, 0.2) is 0 Å². The molecule has 25 heavy (non-hydrogen) atoms. The van der Waals surface area contributed by atoms with Crippen LogP contribution in [0.1, 0.15) is 19.4 Å². The summed E-state index contributed by atoms with van der Waals surface area (Å²) in [6.45, 7) is 11.4. The Labute approximate surface area is 151 Å². The number of allylic oxidation sites excluding steroid dienone is 3. The van der Waals surface area contributed by atoms with Crippen molar-refractivity contribution in [3.05, 3.63) is 71.7 Å². The van der Waals surface area contributed by atoms with E-state index in [0.29, 0.717) is 0 Å². The number of hydrogen-bond acceptors (Lipinski definition) is 3. The highest BCUT2D eigenvalue weighted by atomic mass is 19.1. The third-order valence-corrected chi connectivity index (χ3v) is 3.53. The summed E-state index contributed by atoms with van der Waals surface area (Å²) in [6.07, 6.45) is 8.69. The molecule has 0 atom stereocenters. The number of aliphatic imine (C=N–C) groups is 1. The second kappa shape index (κ2) is 12.2. The van der Waals surface area contributed by atoms with Crippen LogP contribution < -0.4 is 10.6 Å². The highest BCUT2D eigenvalue weighted by Gasteiger charge is 2.07. The summed E-state index contributed by atoms with van der Waals surface area (Å²) in [6, 6.07) is 6.50. The lowest BCUT2D eigenvalue weighted by molar-refractivity contribution is 0.379. The Bertz CT molecular complexity index is 592. The molecule has 0 saturated carbocycles. The van der Waals surface area contributed by atoms with Crippen LogP contribution in [0.15, 0.2) is 65.3 Å². The summed E-state index contributed by atoms with van der Waals surface area (Å²) in [5, 5.41) is 6.22. The van der Waals surface area contributed by atoms with Gasteiger partial charge >= 0.3 is 0 Å². The van der Waals surface area contributed by atoms with Crippen LogP contribution in [0.3, 0.4) is 0 Å². The zero-order valence-corrected chi connectivity index (χ0v) is 15.6. The van der Waals surface area contributed by atoms with Crippen molar-refractivity contribution in [1.82, 2.24) is 10.6 Å². The van der Waals surface area contributed by atoms with Crippen molar-refractivity contribution in [2.75, 3.05) is 26.7 Å². The molecule has 2 aliphatic rings. The lowest BCUT2D eigenvalue weighted by Gasteiger charge is -2.21. The third-order valence-electron chi connectivity index (χ3n) is 3.53. The molecule has 3 nitrogen and oxygen atoms in total. The molecule has 0 spiro atoms. The zero-order valence-electron chi connectivity index (χ0n) is 15.6. The van der Waals surface area contributed by atoms with Crippen molar-refractivity contribution in [2.24, 2.45) is 10.9 Å². The zero-order chi connectivity index (χ0) is 18.5. The number of benzene rings is 1. The first-order valence-corrected chi connectivity index (χ1v) is 8.63. The van der Waals surface area contributed by atoms with E-state index in [4.69, 9.17) is 0 Å². The average molecular weight is 343 g/mol. The van der Waals surface area contributed by atoms with E-state index in [9.17, 15) is 4.39 Å². The molecule has 136 valence electrons. The van der Waals surface area contributed by atoms with Crippen molar-refractivity contribution >= 4 is 6.21 Å². The molecule has 0 aliphatic carbocycles. The summed E-state index contributed by atoms with van der Waals surface area (Å²) in [7, 11) is 1.77. The Morgan fingerprint density at radius 2 is 1.96 bits per heavy atom. The summed E-state index contributed by atoms with van der Waals surface area (Å²) < 4.78 is 12.4. The number of nitrogens with zero attached hydrogens (tertiary/aromatic N) is 1. The number of hydrogen-bond donors (Lipinski definition) is 2. The standard InChI is InChI=1S/C10H11F.C7H10N2.C4H9N/c1-8(2)7-9-3-5-10(11)6-4-9;1-8-6-7-2-4-9-5-3-7;1-4-2-5-3-4/h3-6H,1,7H2,2H3;2-4,6,9H,5H2,1H3;4-5H,2-3H2,1H3. The van der Waals surface area contributed by atoms with Crippen molar-refractivity contribution in [3.8, 4) is 0 Å². The second-order valence-electron chi connectivity index (χ2n) is 6.36. The van der Waals surface area contributed by atoms with Crippen LogP contribution >= 0.6 is 0 Å². The fraction of sp³-hybridized carbons (Fsp3) is 0.381. The van der Waals surface area contributed by atoms with E-state index in [1.165, 1.54) is 30.8 Å². The molecule has 4 heteroatoms. The summed E-state index contributed by atoms with van der Waals surface area (Å²) >= 11 is 0. The summed E-state index contributed by atoms with van der Waals surface area (Å²) in [5.41, 5.74) is 3.38. The quantitative estimate of drug-likeness (QED) is 0.645. The highest BCUT2D eigenvalue weighted by Crippen LogP contribution is 2.06. The molecular weight excluding hydrogens is 313 g/mol. The smallest absolute Gasteiger partial charge is 0.123 e. The van der Waals surface area contributed by atoms with Gasteiger partial charge in [0.1, 0.15) is 5.82 Å². The van der Waals surface area contributed by atoms with E-state index in [1.807, 2.05) is 25.4 Å². The van der Waals surface area contributed by atoms with Gasteiger partial charge in [-0.2, -0.15) is 0 Å². The number of rotatable bonds is 3. The van der Waals surface area contributed by atoms with Crippen molar-refractivity contribution in [3.63, 3.8) is 0 Å². The lowest BCUT2D eigenvalue weighted by atomic mass is 10.1. The van der Waals surface area contributed by atoms with Crippen LogP contribution in [0.5, 0.6) is 0 Å². The van der Waals surface area contributed by atoms with E-state index < -0.39 is 0 Å². The largest absolute Gasteiger partial charge is 0.387 e. The minimum atomic E-state index is -0.185. The summed E-state index contributed by atoms with van der Waals surface area (Å²) in [5.74, 6) is 0.769. The molecule has 1 aromatic rings. The van der Waals surface area contributed by atoms with Crippen LogP contribution in [0, 0.1) is 11.7 Å². The van der Waals surface area contributed by atoms with Crippen molar-refractivity contribution in [2.45, 2.75) is 20.3 Å². The first-order valence-electron chi connectivity index (χ1n) is 8.63. The maximum atomic E-state index is 12.4. The van der Waals surface area contributed by atoms with Gasteiger partial charge < -0.3 is 10.6 Å². The summed E-state index contributed by atoms with van der Waals surface area (Å²) in [4.78, 5) is 3.89. The third kappa shape index (κ3) is 10.3. The van der Waals surface area contributed by atoms with Crippen LogP contribution in [0.4, 0.5) is 4.39 Å². The van der Waals surface area contributed by atoms with Gasteiger partial charge in [-0.25, -0.2) is 4.39 Å². The molecule has 2 heterocycles. The van der Waals surface area contributed by atoms with Crippen molar-refractivity contribution in [1.29, 1.82) is 0 Å². The Balaban J connectivity index is 0.000000200. The molecule has 0 unspecified atom stereocenters. The maximum absolute atomic E-state index is 12.4. The predicted molar refractivity (Wildman–Crippen MR) is 107 cm³/mol. The first-order chi connectivity index (χ1) is 12.0. The Hall–Kier alpha value is -2.20. The van der Waals surface area contributed by atoms with Gasteiger partial charge in [-0.05, 0) is 67.9 Å². The number of nitrogens with one attached hydrogen (secondary N) is 2. The SMILES string of the molecule is C=C(C)Cc1ccc(F)cc1.CC1CNC1.CN=CC1=CCNC=C1. The minimum Gasteiger partial charge on any atom is -0.387 e. The Kier molecular flexibility index (Phi) is 10.2. The van der Waals surface area contributed by atoms with Crippen LogP contribution in [0.25, 0.3) is 0 Å². The van der Waals surface area contributed by atoms with E-state index in [2.05, 4.69) is 35.2 Å². The molecule has 1 aromatic carbocycles. The average Bonchev–Trinajstić information content (AvgIpc) is 2.57. The fourth-order valence-electron chi connectivity index (χ4n) is 2.10. The van der Waals surface area contributed by atoms with E-state index in [0.717, 1.165) is 30.0 Å². The topological polar surface area (TPSA) is 36.4 Å². The van der Waals surface area contributed by atoms with Crippen molar-refractivity contribution < 1.29 is 4.39 Å². The molecule has 3 rings (SSSR count). The molecule has 2 aliphatic heterocycles. The maximum Gasteiger partial charge on any atom is 0.123 e. The van der Waals surface area contributed by atoms with Gasteiger partial charge in [-0.15, -0.1) is 0 Å². The molecule has 2 N–H and O–H groups in total. The lowest BCUT2D eigenvalue weighted by Crippen LogP contribution is -2.39. The normalized spacial score (nSPS) is 15.8. The van der Waals surface area contributed by atoms with Crippen LogP contribution in [-0.4, -0.2) is 32.9 Å². The minimum absolute atomic E-state index is 0.185. The molecule has 0 radical (unpaired) electrons. The van der Waals surface area contributed by atoms with Gasteiger partial charge in [0.05, 0.1) is 0 Å². The van der Waals surface area contributed by atoms with E-state index in [-0.39, 0.29) is 5.82 Å². The Morgan fingerprint density at radius 3 is 2.36 bits per heavy atom. The van der Waals surface area contributed by atoms with Gasteiger partial charge in [0.2, 0.25) is 0 Å². The monoisotopic (exact) mass is 343 g/mol. The van der Waals surface area contributed by atoms with E-state index >= 15 is 0 Å². The predicted octanol–water partition coefficient (Wildman–Crippen LogP) is 3.90. The van der Waals surface area contributed by atoms with Gasteiger partial charge in [-0.1, -0.05) is 37.3 Å². The van der Waals surface area contributed by atoms with Gasteiger partial charge in [-0.3, -0.25) is 4.99 Å². The van der Waals surface area contributed by atoms with Crippen LogP contribution in [-0.2, 0) is 6.42 Å². The molecule has 1 saturated heterocycles. The number of dihydropyridines is 1. The van der Waals surface area contributed by atoms with Gasteiger partial charge in [0, 0.05) is 19.8 Å². The van der Waals surface area contributed by atoms with Crippen LogP contribution in [0.2, 0.25) is 0 Å². The molecular formula is C21H30FN3. The highest BCUT2D eigenvalue weighted by molar-refractivity contribution is 5.82. The molecule has 0 bridgehead atoms. The van der Waals surface area contributed by atoms with Gasteiger partial charge in [0.25, 0.3) is 0 Å².